The minimum atomic E-state index is 0.766. The van der Waals surface area contributed by atoms with Crippen LogP contribution in [-0.2, 0) is 6.42 Å². The molecule has 1 nitrogen and oxygen atoms in total. The summed E-state index contributed by atoms with van der Waals surface area (Å²) in [4.78, 5) is 0. The molecule has 1 heteroatoms. The molecule has 0 unspecified atom stereocenters. The predicted octanol–water partition coefficient (Wildman–Crippen LogP) is 3.68. The van der Waals surface area contributed by atoms with Crippen molar-refractivity contribution in [1.82, 2.24) is 0 Å². The van der Waals surface area contributed by atoms with Crippen molar-refractivity contribution in [1.29, 1.82) is 5.26 Å². The van der Waals surface area contributed by atoms with Crippen molar-refractivity contribution in [2.45, 2.75) is 38.5 Å². The van der Waals surface area contributed by atoms with Crippen LogP contribution in [0.15, 0.2) is 24.3 Å². The van der Waals surface area contributed by atoms with Gasteiger partial charge in [0.25, 0.3) is 0 Å². The molecule has 0 aromatic heterocycles. The van der Waals surface area contributed by atoms with Crippen molar-refractivity contribution in [3.05, 3.63) is 35.4 Å². The monoisotopic (exact) mass is 199 g/mol. The highest BCUT2D eigenvalue weighted by Crippen LogP contribution is 2.26. The molecule has 15 heavy (non-hydrogen) atoms. The Labute approximate surface area is 91.7 Å². The number of rotatable bonds is 2. The van der Waals surface area contributed by atoms with E-state index in [-0.39, 0.29) is 0 Å². The maximum absolute atomic E-state index is 8.70. The topological polar surface area (TPSA) is 23.8 Å². The van der Waals surface area contributed by atoms with Crippen molar-refractivity contribution in [3.8, 4) is 6.07 Å². The number of hydrogen-bond acceptors (Lipinski definition) is 1. The summed E-state index contributed by atoms with van der Waals surface area (Å²) in [5.74, 6) is 0.881. The summed E-state index contributed by atoms with van der Waals surface area (Å²) in [6.07, 6.45) is 8.21. The second kappa shape index (κ2) is 4.98. The Morgan fingerprint density at radius 1 is 1.07 bits per heavy atom. The lowest BCUT2D eigenvalue weighted by molar-refractivity contribution is 0.356. The first-order valence-corrected chi connectivity index (χ1v) is 5.87. The molecule has 0 spiro atoms. The van der Waals surface area contributed by atoms with Crippen LogP contribution in [0.2, 0.25) is 0 Å². The molecule has 78 valence electrons. The Balaban J connectivity index is 1.95. The van der Waals surface area contributed by atoms with E-state index < -0.39 is 0 Å². The van der Waals surface area contributed by atoms with Gasteiger partial charge in [-0.2, -0.15) is 5.26 Å². The van der Waals surface area contributed by atoms with Crippen LogP contribution in [0.5, 0.6) is 0 Å². The molecule has 0 N–H and O–H groups in total. The quantitative estimate of drug-likeness (QED) is 0.712. The van der Waals surface area contributed by atoms with Crippen LogP contribution in [0, 0.1) is 17.2 Å². The highest BCUT2D eigenvalue weighted by Gasteiger charge is 2.13. The number of benzene rings is 1. The summed E-state index contributed by atoms with van der Waals surface area (Å²) in [5.41, 5.74) is 2.16. The molecule has 1 aliphatic rings. The molecular weight excluding hydrogens is 182 g/mol. The zero-order valence-corrected chi connectivity index (χ0v) is 9.08. The molecule has 1 aromatic carbocycles. The highest BCUT2D eigenvalue weighted by atomic mass is 14.2. The highest BCUT2D eigenvalue weighted by molar-refractivity contribution is 5.31. The van der Waals surface area contributed by atoms with Crippen molar-refractivity contribution in [2.75, 3.05) is 0 Å². The van der Waals surface area contributed by atoms with E-state index >= 15 is 0 Å². The first-order chi connectivity index (χ1) is 7.38. The maximum atomic E-state index is 8.70. The molecule has 1 fully saturated rings. The van der Waals surface area contributed by atoms with Crippen LogP contribution >= 0.6 is 0 Å². The molecule has 0 aliphatic heterocycles. The van der Waals surface area contributed by atoms with Gasteiger partial charge in [-0.3, -0.25) is 0 Å². The molecule has 0 radical (unpaired) electrons. The summed E-state index contributed by atoms with van der Waals surface area (Å²) in [6.45, 7) is 0. The minimum Gasteiger partial charge on any atom is -0.192 e. The third kappa shape index (κ3) is 2.83. The van der Waals surface area contributed by atoms with E-state index in [4.69, 9.17) is 5.26 Å². The van der Waals surface area contributed by atoms with Gasteiger partial charge in [0.2, 0.25) is 0 Å². The van der Waals surface area contributed by atoms with Gasteiger partial charge in [-0.1, -0.05) is 44.2 Å². The molecule has 1 aromatic rings. The lowest BCUT2D eigenvalue weighted by Gasteiger charge is -2.21. The minimum absolute atomic E-state index is 0.766. The van der Waals surface area contributed by atoms with Gasteiger partial charge in [-0.05, 0) is 30.0 Å². The first-order valence-electron chi connectivity index (χ1n) is 5.87. The second-order valence-corrected chi connectivity index (χ2v) is 4.52. The van der Waals surface area contributed by atoms with Gasteiger partial charge in [-0.15, -0.1) is 0 Å². The lowest BCUT2D eigenvalue weighted by Crippen LogP contribution is -2.09. The Kier molecular flexibility index (Phi) is 3.40. The Morgan fingerprint density at radius 2 is 1.73 bits per heavy atom. The molecule has 0 saturated heterocycles. The standard InChI is InChI=1S/C14H17N/c15-11-14-8-6-13(7-9-14)10-12-4-2-1-3-5-12/h6-9,12H,1-5,10H2. The average Bonchev–Trinajstić information content (AvgIpc) is 2.31. The van der Waals surface area contributed by atoms with Crippen LogP contribution in [0.1, 0.15) is 43.2 Å². The molecular formula is C14H17N. The summed E-state index contributed by atoms with van der Waals surface area (Å²) in [6, 6.07) is 10.2. The van der Waals surface area contributed by atoms with Gasteiger partial charge >= 0.3 is 0 Å². The molecule has 1 aliphatic carbocycles. The molecule has 0 amide bonds. The average molecular weight is 199 g/mol. The van der Waals surface area contributed by atoms with Crippen molar-refractivity contribution in [2.24, 2.45) is 5.92 Å². The van der Waals surface area contributed by atoms with Gasteiger partial charge in [-0.25, -0.2) is 0 Å². The Morgan fingerprint density at radius 3 is 2.33 bits per heavy atom. The number of hydrogen-bond donors (Lipinski definition) is 0. The smallest absolute Gasteiger partial charge is 0.0991 e. The van der Waals surface area contributed by atoms with E-state index in [0.29, 0.717) is 0 Å². The van der Waals surface area contributed by atoms with E-state index in [1.807, 2.05) is 12.1 Å². The zero-order valence-electron chi connectivity index (χ0n) is 9.08. The van der Waals surface area contributed by atoms with E-state index in [2.05, 4.69) is 18.2 Å². The normalized spacial score (nSPS) is 17.3. The van der Waals surface area contributed by atoms with Crippen LogP contribution in [0.3, 0.4) is 0 Å². The molecule has 0 atom stereocenters. The molecule has 0 heterocycles. The van der Waals surface area contributed by atoms with Crippen LogP contribution in [0.4, 0.5) is 0 Å². The fraction of sp³-hybridized carbons (Fsp3) is 0.500. The van der Waals surface area contributed by atoms with Crippen LogP contribution < -0.4 is 0 Å². The first kappa shape index (κ1) is 10.2. The van der Waals surface area contributed by atoms with E-state index in [9.17, 15) is 0 Å². The molecule has 2 rings (SSSR count). The lowest BCUT2D eigenvalue weighted by atomic mass is 9.85. The Bertz CT molecular complexity index is 339. The summed E-state index contributed by atoms with van der Waals surface area (Å²) in [7, 11) is 0. The Hall–Kier alpha value is -1.29. The van der Waals surface area contributed by atoms with Crippen molar-refractivity contribution < 1.29 is 0 Å². The largest absolute Gasteiger partial charge is 0.192 e. The molecule has 1 saturated carbocycles. The van der Waals surface area contributed by atoms with E-state index in [0.717, 1.165) is 11.5 Å². The van der Waals surface area contributed by atoms with Crippen LogP contribution in [0.25, 0.3) is 0 Å². The number of nitrogens with zero attached hydrogens (tertiary/aromatic N) is 1. The van der Waals surface area contributed by atoms with Gasteiger partial charge in [0, 0.05) is 0 Å². The van der Waals surface area contributed by atoms with Gasteiger partial charge in [0.1, 0.15) is 0 Å². The van der Waals surface area contributed by atoms with Crippen molar-refractivity contribution >= 4 is 0 Å². The molecule has 0 bridgehead atoms. The van der Waals surface area contributed by atoms with E-state index in [1.165, 1.54) is 44.1 Å². The van der Waals surface area contributed by atoms with Crippen molar-refractivity contribution in [3.63, 3.8) is 0 Å². The summed E-state index contributed by atoms with van der Waals surface area (Å²) in [5, 5.41) is 8.70. The van der Waals surface area contributed by atoms with Gasteiger partial charge in [0.15, 0.2) is 0 Å². The summed E-state index contributed by atoms with van der Waals surface area (Å²) < 4.78 is 0. The second-order valence-electron chi connectivity index (χ2n) is 4.52. The van der Waals surface area contributed by atoms with Crippen LogP contribution in [-0.4, -0.2) is 0 Å². The zero-order chi connectivity index (χ0) is 10.5. The maximum Gasteiger partial charge on any atom is 0.0991 e. The SMILES string of the molecule is N#Cc1ccc(CC2CCCCC2)cc1. The summed E-state index contributed by atoms with van der Waals surface area (Å²) >= 11 is 0. The van der Waals surface area contributed by atoms with E-state index in [1.54, 1.807) is 0 Å². The fourth-order valence-corrected chi connectivity index (χ4v) is 2.44. The third-order valence-electron chi connectivity index (χ3n) is 3.33. The van der Waals surface area contributed by atoms with Gasteiger partial charge in [0.05, 0.1) is 11.6 Å². The predicted molar refractivity (Wildman–Crippen MR) is 61.4 cm³/mol. The third-order valence-corrected chi connectivity index (χ3v) is 3.33. The fourth-order valence-electron chi connectivity index (χ4n) is 2.44. The number of nitriles is 1. The van der Waals surface area contributed by atoms with Gasteiger partial charge < -0.3 is 0 Å².